The summed E-state index contributed by atoms with van der Waals surface area (Å²) < 4.78 is 0. The molecule has 0 amide bonds. The maximum atomic E-state index is 3.76. The molecule has 0 fully saturated rings. The molecule has 1 N–H and O–H groups in total. The Morgan fingerprint density at radius 2 is 2.18 bits per heavy atom. The predicted octanol–water partition coefficient (Wildman–Crippen LogP) is 4.71. The maximum Gasteiger partial charge on any atom is 0.0412 e. The van der Waals surface area contributed by atoms with Gasteiger partial charge in [-0.2, -0.15) is 0 Å². The van der Waals surface area contributed by atoms with Crippen molar-refractivity contribution in [3.05, 3.63) is 34.5 Å². The average Bonchev–Trinajstić information content (AvgIpc) is 2.82. The molecule has 0 saturated carbocycles. The quantitative estimate of drug-likeness (QED) is 0.495. The van der Waals surface area contributed by atoms with Gasteiger partial charge in [-0.1, -0.05) is 25.8 Å². The largest absolute Gasteiger partial charge is 0.312 e. The number of nitrogens with one attached hydrogen (secondary N) is 1. The molecule has 17 heavy (non-hydrogen) atoms. The molecule has 0 spiro atoms. The number of rotatable bonds is 9. The summed E-state index contributed by atoms with van der Waals surface area (Å²) in [6.45, 7) is 5.98. The maximum absolute atomic E-state index is 3.76. The van der Waals surface area contributed by atoms with Crippen LogP contribution < -0.4 is 5.32 Å². The molecule has 1 unspecified atom stereocenters. The van der Waals surface area contributed by atoms with Gasteiger partial charge in [0.15, 0.2) is 0 Å². The van der Waals surface area contributed by atoms with Crippen molar-refractivity contribution < 1.29 is 0 Å². The highest BCUT2D eigenvalue weighted by Gasteiger charge is 2.10. The number of unbranched alkanes of at least 4 members (excludes halogenated alkanes) is 3. The lowest BCUT2D eigenvalue weighted by molar-refractivity contribution is 0.514. The Bertz CT molecular complexity index is 316. The first-order valence-corrected chi connectivity index (χ1v) is 7.50. The summed E-state index contributed by atoms with van der Waals surface area (Å²) in [7, 11) is 2.07. The average molecular weight is 251 g/mol. The molecule has 1 aromatic heterocycles. The van der Waals surface area contributed by atoms with Crippen LogP contribution in [0.2, 0.25) is 0 Å². The molecule has 0 aliphatic rings. The summed E-state index contributed by atoms with van der Waals surface area (Å²) in [6.07, 6.45) is 9.47. The minimum atomic E-state index is 0.545. The Labute approximate surface area is 110 Å². The van der Waals surface area contributed by atoms with Crippen molar-refractivity contribution >= 4 is 11.3 Å². The topological polar surface area (TPSA) is 12.0 Å². The van der Waals surface area contributed by atoms with Crippen LogP contribution in [0.1, 0.15) is 54.8 Å². The molecule has 1 rings (SSSR count). The fourth-order valence-electron chi connectivity index (χ4n) is 2.01. The molecule has 0 radical (unpaired) electrons. The Morgan fingerprint density at radius 3 is 2.76 bits per heavy atom. The van der Waals surface area contributed by atoms with E-state index in [1.165, 1.54) is 35.4 Å². The van der Waals surface area contributed by atoms with E-state index in [9.17, 15) is 0 Å². The van der Waals surface area contributed by atoms with Crippen LogP contribution in [-0.2, 0) is 6.42 Å². The van der Waals surface area contributed by atoms with E-state index in [0.29, 0.717) is 6.04 Å². The van der Waals surface area contributed by atoms with Gasteiger partial charge in [0.1, 0.15) is 0 Å². The second kappa shape index (κ2) is 8.48. The van der Waals surface area contributed by atoms with Gasteiger partial charge in [0, 0.05) is 15.8 Å². The Hall–Kier alpha value is -0.600. The van der Waals surface area contributed by atoms with Crippen molar-refractivity contribution in [2.45, 2.75) is 51.5 Å². The third-order valence-corrected chi connectivity index (χ3v) is 4.47. The van der Waals surface area contributed by atoms with Crippen molar-refractivity contribution in [2.24, 2.45) is 0 Å². The minimum Gasteiger partial charge on any atom is -0.312 e. The monoisotopic (exact) mass is 251 g/mol. The predicted molar refractivity (Wildman–Crippen MR) is 78.8 cm³/mol. The van der Waals surface area contributed by atoms with Crippen molar-refractivity contribution in [1.82, 2.24) is 5.32 Å². The Kier molecular flexibility index (Phi) is 7.22. The normalized spacial score (nSPS) is 12.6. The van der Waals surface area contributed by atoms with Gasteiger partial charge in [-0.15, -0.1) is 17.9 Å². The molecule has 1 aromatic rings. The fourth-order valence-corrected chi connectivity index (χ4v) is 3.11. The highest BCUT2D eigenvalue weighted by Crippen LogP contribution is 2.27. The van der Waals surface area contributed by atoms with Gasteiger partial charge in [0.05, 0.1) is 0 Å². The van der Waals surface area contributed by atoms with Gasteiger partial charge in [-0.25, -0.2) is 0 Å². The third-order valence-electron chi connectivity index (χ3n) is 3.12. The lowest BCUT2D eigenvalue weighted by atomic mass is 10.1. The highest BCUT2D eigenvalue weighted by atomic mass is 32.1. The van der Waals surface area contributed by atoms with E-state index in [1.54, 1.807) is 0 Å². The van der Waals surface area contributed by atoms with Crippen molar-refractivity contribution in [1.29, 1.82) is 0 Å². The van der Waals surface area contributed by atoms with E-state index in [4.69, 9.17) is 0 Å². The van der Waals surface area contributed by atoms with Crippen molar-refractivity contribution in [3.63, 3.8) is 0 Å². The van der Waals surface area contributed by atoms with E-state index in [0.717, 1.165) is 12.8 Å². The van der Waals surface area contributed by atoms with Crippen LogP contribution in [0.3, 0.4) is 0 Å². The number of allylic oxidation sites excluding steroid dienone is 1. The van der Waals surface area contributed by atoms with Crippen LogP contribution in [0, 0.1) is 0 Å². The second-order valence-corrected chi connectivity index (χ2v) is 5.63. The number of thiophene rings is 1. The van der Waals surface area contributed by atoms with Crippen LogP contribution in [0.5, 0.6) is 0 Å². The zero-order chi connectivity index (χ0) is 12.5. The van der Waals surface area contributed by atoms with Gasteiger partial charge in [-0.3, -0.25) is 0 Å². The number of aryl methyl sites for hydroxylation is 1. The number of hydrogen-bond donors (Lipinski definition) is 1. The molecule has 1 atom stereocenters. The summed E-state index contributed by atoms with van der Waals surface area (Å²) in [4.78, 5) is 2.99. The SMILES string of the molecule is C=CCCCCCC(NC)c1ccc(CC)s1. The molecule has 1 heterocycles. The van der Waals surface area contributed by atoms with E-state index in [2.05, 4.69) is 38.0 Å². The molecule has 2 heteroatoms. The van der Waals surface area contributed by atoms with Crippen LogP contribution >= 0.6 is 11.3 Å². The molecule has 1 nitrogen and oxygen atoms in total. The summed E-state index contributed by atoms with van der Waals surface area (Å²) in [5, 5.41) is 3.44. The molecular formula is C15H25NS. The van der Waals surface area contributed by atoms with Gasteiger partial charge < -0.3 is 5.32 Å². The first-order valence-electron chi connectivity index (χ1n) is 6.68. The summed E-state index contributed by atoms with van der Waals surface area (Å²) in [5.41, 5.74) is 0. The van der Waals surface area contributed by atoms with Crippen molar-refractivity contribution in [3.8, 4) is 0 Å². The molecule has 96 valence electrons. The lowest BCUT2D eigenvalue weighted by Crippen LogP contribution is -2.14. The number of hydrogen-bond acceptors (Lipinski definition) is 2. The standard InChI is InChI=1S/C15H25NS/c1-4-6-7-8-9-10-14(16-3)15-12-11-13(5-2)17-15/h4,11-12,14,16H,1,5-10H2,2-3H3. The third kappa shape index (κ3) is 5.05. The molecule has 0 aromatic carbocycles. The smallest absolute Gasteiger partial charge is 0.0412 e. The first-order chi connectivity index (χ1) is 8.31. The highest BCUT2D eigenvalue weighted by molar-refractivity contribution is 7.12. The Balaban J connectivity index is 2.34. The lowest BCUT2D eigenvalue weighted by Gasteiger charge is -2.14. The summed E-state index contributed by atoms with van der Waals surface area (Å²) >= 11 is 1.96. The van der Waals surface area contributed by atoms with Gasteiger partial charge >= 0.3 is 0 Å². The van der Waals surface area contributed by atoms with Crippen LogP contribution in [-0.4, -0.2) is 7.05 Å². The van der Waals surface area contributed by atoms with E-state index in [-0.39, 0.29) is 0 Å². The molecule has 0 saturated heterocycles. The first kappa shape index (κ1) is 14.5. The van der Waals surface area contributed by atoms with Crippen LogP contribution in [0.4, 0.5) is 0 Å². The molecule has 0 bridgehead atoms. The van der Waals surface area contributed by atoms with Gasteiger partial charge in [-0.05, 0) is 44.9 Å². The molecular weight excluding hydrogens is 226 g/mol. The van der Waals surface area contributed by atoms with E-state index >= 15 is 0 Å². The van der Waals surface area contributed by atoms with Gasteiger partial charge in [0.25, 0.3) is 0 Å². The molecule has 0 aliphatic heterocycles. The minimum absolute atomic E-state index is 0.545. The summed E-state index contributed by atoms with van der Waals surface area (Å²) in [6, 6.07) is 5.10. The Morgan fingerprint density at radius 1 is 1.35 bits per heavy atom. The second-order valence-electron chi connectivity index (χ2n) is 4.43. The van der Waals surface area contributed by atoms with E-state index in [1.807, 2.05) is 17.4 Å². The van der Waals surface area contributed by atoms with Crippen molar-refractivity contribution in [2.75, 3.05) is 7.05 Å². The zero-order valence-corrected chi connectivity index (χ0v) is 12.0. The van der Waals surface area contributed by atoms with Crippen LogP contribution in [0.15, 0.2) is 24.8 Å². The summed E-state index contributed by atoms with van der Waals surface area (Å²) in [5.74, 6) is 0. The van der Waals surface area contributed by atoms with E-state index < -0.39 is 0 Å². The fraction of sp³-hybridized carbons (Fsp3) is 0.600. The van der Waals surface area contributed by atoms with Crippen LogP contribution in [0.25, 0.3) is 0 Å². The zero-order valence-electron chi connectivity index (χ0n) is 11.2. The molecule has 0 aliphatic carbocycles. The van der Waals surface area contributed by atoms with Gasteiger partial charge in [0.2, 0.25) is 0 Å².